The summed E-state index contributed by atoms with van der Waals surface area (Å²) in [5.41, 5.74) is 3.48. The maximum absolute atomic E-state index is 5.86. The van der Waals surface area contributed by atoms with Gasteiger partial charge in [0.05, 0.1) is 5.69 Å². The highest BCUT2D eigenvalue weighted by atomic mass is 16.5. The second kappa shape index (κ2) is 3.60. The molecule has 0 amide bonds. The molecule has 0 saturated heterocycles. The van der Waals surface area contributed by atoms with Crippen molar-refractivity contribution in [1.29, 1.82) is 0 Å². The summed E-state index contributed by atoms with van der Waals surface area (Å²) in [6, 6.07) is 16.3. The van der Waals surface area contributed by atoms with Gasteiger partial charge < -0.3 is 10.1 Å². The van der Waals surface area contributed by atoms with Gasteiger partial charge in [0.2, 0.25) is 0 Å². The molecule has 3 rings (SSSR count). The van der Waals surface area contributed by atoms with Gasteiger partial charge in [-0.05, 0) is 6.07 Å². The normalized spacial score (nSPS) is 17.4. The van der Waals surface area contributed by atoms with Gasteiger partial charge in [0.15, 0.2) is 6.23 Å². The van der Waals surface area contributed by atoms with Crippen molar-refractivity contribution in [2.45, 2.75) is 6.23 Å². The van der Waals surface area contributed by atoms with Crippen LogP contribution in [0.1, 0.15) is 11.8 Å². The molecule has 0 aliphatic carbocycles. The van der Waals surface area contributed by atoms with Crippen molar-refractivity contribution in [2.24, 2.45) is 0 Å². The number of fused-ring (bicyclic) bond motifs is 1. The maximum atomic E-state index is 5.86. The van der Waals surface area contributed by atoms with Gasteiger partial charge in [-0.1, -0.05) is 47.9 Å². The lowest BCUT2D eigenvalue weighted by molar-refractivity contribution is 0.260. The van der Waals surface area contributed by atoms with E-state index < -0.39 is 0 Å². The summed E-state index contributed by atoms with van der Waals surface area (Å²) in [6.45, 7) is 0. The third kappa shape index (κ3) is 1.45. The number of hydrogen-bond acceptors (Lipinski definition) is 2. The number of nitrogens with one attached hydrogen (secondary N) is 1. The van der Waals surface area contributed by atoms with Crippen LogP contribution < -0.4 is 15.5 Å². The predicted molar refractivity (Wildman–Crippen MR) is 68.1 cm³/mol. The van der Waals surface area contributed by atoms with Crippen molar-refractivity contribution in [3.05, 3.63) is 54.1 Å². The quantitative estimate of drug-likeness (QED) is 0.717. The van der Waals surface area contributed by atoms with Crippen LogP contribution in [0.2, 0.25) is 0 Å². The van der Waals surface area contributed by atoms with Crippen molar-refractivity contribution in [3.63, 3.8) is 0 Å². The van der Waals surface area contributed by atoms with Gasteiger partial charge in [0.25, 0.3) is 0 Å². The lowest BCUT2D eigenvalue weighted by Crippen LogP contribution is -2.13. The van der Waals surface area contributed by atoms with Crippen LogP contribution in [0.5, 0.6) is 5.75 Å². The minimum Gasteiger partial charge on any atom is -0.464 e. The monoisotopic (exact) mass is 209 g/mol. The largest absolute Gasteiger partial charge is 0.464 e. The molecule has 2 aromatic carbocycles. The van der Waals surface area contributed by atoms with Crippen molar-refractivity contribution >= 4 is 19.0 Å². The van der Waals surface area contributed by atoms with E-state index in [0.29, 0.717) is 0 Å². The molecule has 3 heteroatoms. The average molecular weight is 209 g/mol. The molecule has 1 aliphatic rings. The zero-order valence-corrected chi connectivity index (χ0v) is 9.10. The molecule has 1 unspecified atom stereocenters. The van der Waals surface area contributed by atoms with Crippen LogP contribution in [0.15, 0.2) is 48.5 Å². The topological polar surface area (TPSA) is 21.3 Å². The van der Waals surface area contributed by atoms with E-state index in [9.17, 15) is 0 Å². The predicted octanol–water partition coefficient (Wildman–Crippen LogP) is 1.45. The number of rotatable bonds is 1. The number of ether oxygens (including phenoxy) is 1. The molecule has 0 aromatic heterocycles. The smallest absolute Gasteiger partial charge is 0.196 e. The summed E-state index contributed by atoms with van der Waals surface area (Å²) in [4.78, 5) is 0. The van der Waals surface area contributed by atoms with Gasteiger partial charge in [-0.3, -0.25) is 0 Å². The molecule has 1 atom stereocenters. The fourth-order valence-electron chi connectivity index (χ4n) is 1.99. The fraction of sp³-hybridized carbons (Fsp3) is 0.0769. The molecule has 1 aliphatic heterocycles. The van der Waals surface area contributed by atoms with E-state index in [1.807, 2.05) is 30.3 Å². The van der Waals surface area contributed by atoms with E-state index in [4.69, 9.17) is 4.74 Å². The van der Waals surface area contributed by atoms with Gasteiger partial charge in [0.1, 0.15) is 13.6 Å². The van der Waals surface area contributed by atoms with Crippen molar-refractivity contribution in [1.82, 2.24) is 0 Å². The second-order valence-corrected chi connectivity index (χ2v) is 4.00. The Balaban J connectivity index is 1.94. The second-order valence-electron chi connectivity index (χ2n) is 4.00. The van der Waals surface area contributed by atoms with Crippen LogP contribution in [0.3, 0.4) is 0 Å². The standard InChI is InChI=1S/C13H12BNO/c14-10-7-4-8-11-12(10)15-13(16-11)9-5-2-1-3-6-9/h1-8,13,15H,14H2. The van der Waals surface area contributed by atoms with Gasteiger partial charge in [-0.15, -0.1) is 0 Å². The number of benzene rings is 2. The van der Waals surface area contributed by atoms with Crippen LogP contribution in [-0.4, -0.2) is 7.85 Å². The Bertz CT molecular complexity index is 513. The highest BCUT2D eigenvalue weighted by molar-refractivity contribution is 6.36. The molecule has 16 heavy (non-hydrogen) atoms. The molecular formula is C13H12BNO. The van der Waals surface area contributed by atoms with E-state index in [-0.39, 0.29) is 6.23 Å². The summed E-state index contributed by atoms with van der Waals surface area (Å²) < 4.78 is 5.86. The SMILES string of the molecule is Bc1cccc2c1NC(c1ccccc1)O2. The highest BCUT2D eigenvalue weighted by Gasteiger charge is 2.23. The summed E-state index contributed by atoms with van der Waals surface area (Å²) in [5, 5.41) is 3.40. The van der Waals surface area contributed by atoms with Gasteiger partial charge in [-0.25, -0.2) is 0 Å². The van der Waals surface area contributed by atoms with E-state index in [0.717, 1.165) is 17.0 Å². The first kappa shape index (κ1) is 9.34. The Hall–Kier alpha value is -1.90. The third-order valence-electron chi connectivity index (χ3n) is 2.86. The Labute approximate surface area is 95.7 Å². The average Bonchev–Trinajstić information content (AvgIpc) is 2.76. The van der Waals surface area contributed by atoms with E-state index in [2.05, 4.69) is 31.4 Å². The van der Waals surface area contributed by atoms with Crippen LogP contribution in [0, 0.1) is 0 Å². The lowest BCUT2D eigenvalue weighted by Gasteiger charge is -2.11. The first-order valence-electron chi connectivity index (χ1n) is 5.42. The van der Waals surface area contributed by atoms with E-state index in [1.165, 1.54) is 5.46 Å². The molecule has 0 radical (unpaired) electrons. The minimum absolute atomic E-state index is 0.0581. The van der Waals surface area contributed by atoms with Crippen LogP contribution in [0.25, 0.3) is 0 Å². The first-order chi connectivity index (χ1) is 7.84. The molecule has 0 bridgehead atoms. The highest BCUT2D eigenvalue weighted by Crippen LogP contribution is 2.35. The Kier molecular flexibility index (Phi) is 2.10. The molecule has 78 valence electrons. The van der Waals surface area contributed by atoms with Crippen LogP contribution in [0.4, 0.5) is 5.69 Å². The van der Waals surface area contributed by atoms with Crippen LogP contribution in [-0.2, 0) is 0 Å². The Morgan fingerprint density at radius 2 is 1.81 bits per heavy atom. The summed E-state index contributed by atoms with van der Waals surface area (Å²) in [7, 11) is 2.09. The molecule has 1 heterocycles. The van der Waals surface area contributed by atoms with Crippen molar-refractivity contribution in [2.75, 3.05) is 5.32 Å². The minimum atomic E-state index is -0.0581. The molecule has 0 fully saturated rings. The molecule has 0 spiro atoms. The van der Waals surface area contributed by atoms with Gasteiger partial charge in [-0.2, -0.15) is 0 Å². The van der Waals surface area contributed by atoms with E-state index >= 15 is 0 Å². The third-order valence-corrected chi connectivity index (χ3v) is 2.86. The summed E-state index contributed by atoms with van der Waals surface area (Å²) in [5.74, 6) is 0.939. The zero-order valence-electron chi connectivity index (χ0n) is 9.10. The fourth-order valence-corrected chi connectivity index (χ4v) is 1.99. The molecule has 2 aromatic rings. The number of anilines is 1. The molecule has 1 N–H and O–H groups in total. The summed E-state index contributed by atoms with van der Waals surface area (Å²) >= 11 is 0. The van der Waals surface area contributed by atoms with Gasteiger partial charge in [0, 0.05) is 5.56 Å². The number of hydrogen-bond donors (Lipinski definition) is 1. The Morgan fingerprint density at radius 3 is 2.56 bits per heavy atom. The van der Waals surface area contributed by atoms with Crippen molar-refractivity contribution < 1.29 is 4.74 Å². The molecule has 0 saturated carbocycles. The zero-order chi connectivity index (χ0) is 11.0. The van der Waals surface area contributed by atoms with Crippen LogP contribution >= 0.6 is 0 Å². The van der Waals surface area contributed by atoms with Crippen molar-refractivity contribution in [3.8, 4) is 5.75 Å². The lowest BCUT2D eigenvalue weighted by atomic mass is 9.94. The van der Waals surface area contributed by atoms with Gasteiger partial charge >= 0.3 is 0 Å². The molecule has 2 nitrogen and oxygen atoms in total. The Morgan fingerprint density at radius 1 is 1.00 bits per heavy atom. The number of para-hydroxylation sites is 1. The maximum Gasteiger partial charge on any atom is 0.196 e. The van der Waals surface area contributed by atoms with E-state index in [1.54, 1.807) is 0 Å². The first-order valence-corrected chi connectivity index (χ1v) is 5.42. The molecular weight excluding hydrogens is 197 g/mol. The summed E-state index contributed by atoms with van der Waals surface area (Å²) in [6.07, 6.45) is -0.0581.